The van der Waals surface area contributed by atoms with E-state index in [1.54, 1.807) is 11.3 Å². The number of thiazole rings is 1. The summed E-state index contributed by atoms with van der Waals surface area (Å²) in [6.07, 6.45) is 6.18. The molecule has 1 N–H and O–H groups in total. The lowest BCUT2D eigenvalue weighted by Crippen LogP contribution is -2.23. The smallest absolute Gasteiger partial charge is 0.217 e. The van der Waals surface area contributed by atoms with Crippen LogP contribution in [0.5, 0.6) is 0 Å². The van der Waals surface area contributed by atoms with E-state index in [-0.39, 0.29) is 5.91 Å². The molecule has 1 fully saturated rings. The molecular weight excluding hydrogens is 296 g/mol. The number of hydrogen-bond acceptors (Lipinski definition) is 5. The Balaban J connectivity index is 1.71. The van der Waals surface area contributed by atoms with Crippen molar-refractivity contribution in [3.8, 4) is 0 Å². The Hall–Kier alpha value is -1.79. The Morgan fingerprint density at radius 1 is 1.55 bits per heavy atom. The van der Waals surface area contributed by atoms with Gasteiger partial charge in [-0.3, -0.25) is 19.7 Å². The van der Waals surface area contributed by atoms with E-state index in [0.29, 0.717) is 12.6 Å². The molecule has 3 heterocycles. The summed E-state index contributed by atoms with van der Waals surface area (Å²) in [6.45, 7) is 4.09. The van der Waals surface area contributed by atoms with Crippen molar-refractivity contribution in [2.75, 3.05) is 6.54 Å². The highest BCUT2D eigenvalue weighted by Crippen LogP contribution is 2.33. The zero-order valence-electron chi connectivity index (χ0n) is 12.7. The minimum Gasteiger partial charge on any atom is -0.351 e. The Bertz CT molecular complexity index is 629. The van der Waals surface area contributed by atoms with Crippen molar-refractivity contribution in [3.05, 3.63) is 46.2 Å². The van der Waals surface area contributed by atoms with Gasteiger partial charge in [0, 0.05) is 36.8 Å². The van der Waals surface area contributed by atoms with Crippen LogP contribution in [0.1, 0.15) is 41.9 Å². The Morgan fingerprint density at radius 3 is 3.23 bits per heavy atom. The fraction of sp³-hybridized carbons (Fsp3) is 0.438. The topological polar surface area (TPSA) is 58.1 Å². The van der Waals surface area contributed by atoms with Crippen LogP contribution in [-0.4, -0.2) is 27.3 Å². The molecule has 1 aliphatic heterocycles. The van der Waals surface area contributed by atoms with Gasteiger partial charge >= 0.3 is 0 Å². The molecule has 5 nitrogen and oxygen atoms in total. The van der Waals surface area contributed by atoms with Gasteiger partial charge in [0.15, 0.2) is 0 Å². The second-order valence-electron chi connectivity index (χ2n) is 5.59. The summed E-state index contributed by atoms with van der Waals surface area (Å²) >= 11 is 1.71. The van der Waals surface area contributed by atoms with Crippen LogP contribution in [0, 0.1) is 0 Å². The molecule has 3 rings (SSSR count). The molecule has 0 aliphatic carbocycles. The van der Waals surface area contributed by atoms with Crippen molar-refractivity contribution >= 4 is 17.2 Å². The number of rotatable bonds is 5. The molecule has 0 aromatic carbocycles. The van der Waals surface area contributed by atoms with E-state index >= 15 is 0 Å². The molecule has 1 aliphatic rings. The molecular formula is C16H20N4OS. The number of carbonyl (C=O) groups excluding carboxylic acids is 1. The molecule has 0 spiro atoms. The van der Waals surface area contributed by atoms with Crippen LogP contribution in [0.2, 0.25) is 0 Å². The maximum absolute atomic E-state index is 11.0. The van der Waals surface area contributed by atoms with E-state index in [1.807, 2.05) is 17.9 Å². The standard InChI is InChI=1S/C16H20N4OS/c1-12(21)19-8-14-7-13(4-5-18-14)16-3-2-6-20(16)10-15-9-17-11-22-15/h4-5,7,9,11,16H,2-3,6,8,10H2,1H3,(H,19,21)/t16-/m0/s1. The average molecular weight is 316 g/mol. The fourth-order valence-electron chi connectivity index (χ4n) is 2.93. The van der Waals surface area contributed by atoms with E-state index in [2.05, 4.69) is 32.3 Å². The number of carbonyl (C=O) groups is 1. The average Bonchev–Trinajstić information content (AvgIpc) is 3.18. The number of likely N-dealkylation sites (tertiary alicyclic amines) is 1. The van der Waals surface area contributed by atoms with Crippen LogP contribution in [-0.2, 0) is 17.9 Å². The lowest BCUT2D eigenvalue weighted by Gasteiger charge is -2.24. The number of amides is 1. The Labute approximate surface area is 134 Å². The lowest BCUT2D eigenvalue weighted by molar-refractivity contribution is -0.119. The lowest BCUT2D eigenvalue weighted by atomic mass is 10.0. The first kappa shape index (κ1) is 15.1. The third-order valence-electron chi connectivity index (χ3n) is 3.95. The Kier molecular flexibility index (Phi) is 4.80. The number of hydrogen-bond donors (Lipinski definition) is 1. The summed E-state index contributed by atoms with van der Waals surface area (Å²) in [7, 11) is 0. The van der Waals surface area contributed by atoms with Crippen molar-refractivity contribution in [2.45, 2.75) is 38.9 Å². The van der Waals surface area contributed by atoms with Crippen molar-refractivity contribution < 1.29 is 4.79 Å². The predicted molar refractivity (Wildman–Crippen MR) is 86.3 cm³/mol. The van der Waals surface area contributed by atoms with Gasteiger partial charge in [-0.25, -0.2) is 0 Å². The van der Waals surface area contributed by atoms with Gasteiger partial charge in [-0.2, -0.15) is 0 Å². The summed E-state index contributed by atoms with van der Waals surface area (Å²) in [5.41, 5.74) is 4.09. The van der Waals surface area contributed by atoms with Crippen molar-refractivity contribution in [3.63, 3.8) is 0 Å². The van der Waals surface area contributed by atoms with Gasteiger partial charge in [0.1, 0.15) is 0 Å². The van der Waals surface area contributed by atoms with Crippen molar-refractivity contribution in [2.24, 2.45) is 0 Å². The molecule has 0 radical (unpaired) electrons. The SMILES string of the molecule is CC(=O)NCc1cc([C@@H]2CCCN2Cc2cncs2)ccn1. The number of pyridine rings is 1. The van der Waals surface area contributed by atoms with E-state index in [1.165, 1.54) is 30.2 Å². The third kappa shape index (κ3) is 3.69. The van der Waals surface area contributed by atoms with E-state index < -0.39 is 0 Å². The zero-order valence-corrected chi connectivity index (χ0v) is 13.5. The second kappa shape index (κ2) is 6.98. The quantitative estimate of drug-likeness (QED) is 0.921. The summed E-state index contributed by atoms with van der Waals surface area (Å²) in [4.78, 5) is 23.3. The van der Waals surface area contributed by atoms with Gasteiger partial charge in [0.25, 0.3) is 0 Å². The molecule has 116 valence electrons. The van der Waals surface area contributed by atoms with Gasteiger partial charge in [-0.15, -0.1) is 11.3 Å². The molecule has 2 aromatic heterocycles. The van der Waals surface area contributed by atoms with E-state index in [4.69, 9.17) is 0 Å². The van der Waals surface area contributed by atoms with Crippen LogP contribution in [0.3, 0.4) is 0 Å². The highest BCUT2D eigenvalue weighted by atomic mass is 32.1. The fourth-order valence-corrected chi connectivity index (χ4v) is 3.55. The third-order valence-corrected chi connectivity index (χ3v) is 4.71. The molecule has 1 atom stereocenters. The number of nitrogens with one attached hydrogen (secondary N) is 1. The molecule has 0 bridgehead atoms. The van der Waals surface area contributed by atoms with Crippen LogP contribution < -0.4 is 5.32 Å². The second-order valence-corrected chi connectivity index (χ2v) is 6.56. The first-order chi connectivity index (χ1) is 10.7. The van der Waals surface area contributed by atoms with E-state index in [0.717, 1.165) is 18.8 Å². The molecule has 1 saturated heterocycles. The predicted octanol–water partition coefficient (Wildman–Crippen LogP) is 2.51. The summed E-state index contributed by atoms with van der Waals surface area (Å²) in [6, 6.07) is 4.64. The van der Waals surface area contributed by atoms with Crippen LogP contribution in [0.15, 0.2) is 30.0 Å². The van der Waals surface area contributed by atoms with Gasteiger partial charge < -0.3 is 5.32 Å². The minimum absolute atomic E-state index is 0.0279. The number of aromatic nitrogens is 2. The minimum atomic E-state index is -0.0279. The van der Waals surface area contributed by atoms with Crippen LogP contribution in [0.25, 0.3) is 0 Å². The van der Waals surface area contributed by atoms with Gasteiger partial charge in [0.05, 0.1) is 17.7 Å². The summed E-state index contributed by atoms with van der Waals surface area (Å²) in [5.74, 6) is -0.0279. The number of nitrogens with zero attached hydrogens (tertiary/aromatic N) is 3. The monoisotopic (exact) mass is 316 g/mol. The van der Waals surface area contributed by atoms with Crippen molar-refractivity contribution in [1.82, 2.24) is 20.2 Å². The maximum atomic E-state index is 11.0. The first-order valence-electron chi connectivity index (χ1n) is 7.53. The van der Waals surface area contributed by atoms with Gasteiger partial charge in [-0.1, -0.05) is 0 Å². The maximum Gasteiger partial charge on any atom is 0.217 e. The summed E-state index contributed by atoms with van der Waals surface area (Å²) < 4.78 is 0. The molecule has 6 heteroatoms. The molecule has 2 aromatic rings. The molecule has 0 unspecified atom stereocenters. The Morgan fingerprint density at radius 2 is 2.45 bits per heavy atom. The normalized spacial score (nSPS) is 18.5. The summed E-state index contributed by atoms with van der Waals surface area (Å²) in [5, 5.41) is 2.81. The highest BCUT2D eigenvalue weighted by Gasteiger charge is 2.26. The first-order valence-corrected chi connectivity index (χ1v) is 8.41. The molecule has 1 amide bonds. The highest BCUT2D eigenvalue weighted by molar-refractivity contribution is 7.09. The van der Waals surface area contributed by atoms with Gasteiger partial charge in [-0.05, 0) is 37.1 Å². The zero-order chi connectivity index (χ0) is 15.4. The largest absolute Gasteiger partial charge is 0.351 e. The molecule has 0 saturated carbocycles. The van der Waals surface area contributed by atoms with Crippen molar-refractivity contribution in [1.29, 1.82) is 0 Å². The van der Waals surface area contributed by atoms with Crippen LogP contribution in [0.4, 0.5) is 0 Å². The molecule has 22 heavy (non-hydrogen) atoms. The van der Waals surface area contributed by atoms with Gasteiger partial charge in [0.2, 0.25) is 5.91 Å². The van der Waals surface area contributed by atoms with Crippen LogP contribution >= 0.6 is 11.3 Å². The van der Waals surface area contributed by atoms with E-state index in [9.17, 15) is 4.79 Å².